The number of nitrogens with zero attached hydrogens (tertiary/aromatic N) is 3. The fourth-order valence-corrected chi connectivity index (χ4v) is 3.45. The summed E-state index contributed by atoms with van der Waals surface area (Å²) >= 11 is 9.57. The van der Waals surface area contributed by atoms with Gasteiger partial charge in [-0.05, 0) is 43.7 Å². The Balaban J connectivity index is 1.86. The lowest BCUT2D eigenvalue weighted by Gasteiger charge is -2.12. The summed E-state index contributed by atoms with van der Waals surface area (Å²) < 4.78 is 8.14. The molecular formula is C19H17BrClN3O3. The summed E-state index contributed by atoms with van der Waals surface area (Å²) in [6.07, 6.45) is 0. The van der Waals surface area contributed by atoms with E-state index in [9.17, 15) is 10.1 Å². The SMILES string of the molecule is Cc1cc(-c2nn(C)c(Cl)c2C)ccc1OCc1c(Br)cccc1[N+](=O)[O-]. The predicted molar refractivity (Wildman–Crippen MR) is 108 cm³/mol. The lowest BCUT2D eigenvalue weighted by molar-refractivity contribution is -0.385. The fourth-order valence-electron chi connectivity index (χ4n) is 2.85. The van der Waals surface area contributed by atoms with Gasteiger partial charge >= 0.3 is 0 Å². The third-order valence-electron chi connectivity index (χ3n) is 4.31. The molecule has 27 heavy (non-hydrogen) atoms. The molecule has 1 heterocycles. The molecule has 0 atom stereocenters. The minimum absolute atomic E-state index is 0.0254. The van der Waals surface area contributed by atoms with Gasteiger partial charge in [-0.25, -0.2) is 0 Å². The van der Waals surface area contributed by atoms with Crippen molar-refractivity contribution in [2.24, 2.45) is 7.05 Å². The molecule has 0 radical (unpaired) electrons. The molecule has 3 aromatic rings. The molecule has 0 bridgehead atoms. The maximum absolute atomic E-state index is 11.2. The maximum atomic E-state index is 11.2. The van der Waals surface area contributed by atoms with E-state index in [2.05, 4.69) is 21.0 Å². The summed E-state index contributed by atoms with van der Waals surface area (Å²) in [7, 11) is 1.80. The van der Waals surface area contributed by atoms with Gasteiger partial charge in [0.25, 0.3) is 5.69 Å². The standard InChI is InChI=1S/C19H17BrClN3O3/c1-11-9-13(18-12(2)19(21)23(3)22-18)7-8-17(11)27-10-14-15(20)5-4-6-16(14)24(25)26/h4-9H,10H2,1-3H3. The highest BCUT2D eigenvalue weighted by Gasteiger charge is 2.18. The van der Waals surface area contributed by atoms with Gasteiger partial charge in [-0.3, -0.25) is 14.8 Å². The fraction of sp³-hybridized carbons (Fsp3) is 0.211. The molecule has 6 nitrogen and oxygen atoms in total. The van der Waals surface area contributed by atoms with Crippen LogP contribution in [0.25, 0.3) is 11.3 Å². The average molecular weight is 451 g/mol. The van der Waals surface area contributed by atoms with Crippen molar-refractivity contribution in [1.82, 2.24) is 9.78 Å². The van der Waals surface area contributed by atoms with Crippen LogP contribution >= 0.6 is 27.5 Å². The van der Waals surface area contributed by atoms with Crippen LogP contribution in [0.1, 0.15) is 16.7 Å². The molecule has 0 spiro atoms. The van der Waals surface area contributed by atoms with Crippen molar-refractivity contribution in [3.05, 3.63) is 72.8 Å². The Hall–Kier alpha value is -2.38. The first kappa shape index (κ1) is 19.4. The molecule has 0 saturated heterocycles. The Kier molecular flexibility index (Phi) is 5.53. The highest BCUT2D eigenvalue weighted by Crippen LogP contribution is 2.32. The summed E-state index contributed by atoms with van der Waals surface area (Å²) in [6, 6.07) is 10.6. The predicted octanol–water partition coefficient (Wildman–Crippen LogP) is 5.61. The van der Waals surface area contributed by atoms with Crippen LogP contribution in [0.2, 0.25) is 5.15 Å². The molecule has 140 valence electrons. The summed E-state index contributed by atoms with van der Waals surface area (Å²) in [5, 5.41) is 16.3. The topological polar surface area (TPSA) is 70.2 Å². The Morgan fingerprint density at radius 3 is 2.63 bits per heavy atom. The number of aryl methyl sites for hydroxylation is 2. The quantitative estimate of drug-likeness (QED) is 0.374. The Morgan fingerprint density at radius 2 is 2.04 bits per heavy atom. The zero-order valence-corrected chi connectivity index (χ0v) is 17.3. The first-order chi connectivity index (χ1) is 12.8. The van der Waals surface area contributed by atoms with Crippen LogP contribution < -0.4 is 4.74 Å². The van der Waals surface area contributed by atoms with Gasteiger partial charge in [0.05, 0.1) is 16.2 Å². The molecule has 0 aliphatic rings. The van der Waals surface area contributed by atoms with Gasteiger partial charge in [0, 0.05) is 28.7 Å². The second-order valence-corrected chi connectivity index (χ2v) is 7.36. The number of halogens is 2. The number of ether oxygens (including phenoxy) is 1. The Bertz CT molecular complexity index is 1030. The van der Waals surface area contributed by atoms with Crippen molar-refractivity contribution in [2.75, 3.05) is 0 Å². The van der Waals surface area contributed by atoms with Gasteiger partial charge in [0.2, 0.25) is 0 Å². The molecule has 1 aromatic heterocycles. The molecule has 0 N–H and O–H groups in total. The highest BCUT2D eigenvalue weighted by molar-refractivity contribution is 9.10. The third-order valence-corrected chi connectivity index (χ3v) is 5.58. The van der Waals surface area contributed by atoms with Gasteiger partial charge in [0.1, 0.15) is 17.5 Å². The lowest BCUT2D eigenvalue weighted by Crippen LogP contribution is -2.02. The summed E-state index contributed by atoms with van der Waals surface area (Å²) in [5.74, 6) is 0.656. The van der Waals surface area contributed by atoms with Gasteiger partial charge in [-0.2, -0.15) is 5.10 Å². The second-order valence-electron chi connectivity index (χ2n) is 6.15. The monoisotopic (exact) mass is 449 g/mol. The normalized spacial score (nSPS) is 10.9. The minimum atomic E-state index is -0.410. The van der Waals surface area contributed by atoms with Crippen molar-refractivity contribution in [2.45, 2.75) is 20.5 Å². The molecule has 0 unspecified atom stereocenters. The summed E-state index contributed by atoms with van der Waals surface area (Å²) in [6.45, 7) is 3.94. The summed E-state index contributed by atoms with van der Waals surface area (Å²) in [5.41, 5.74) is 4.10. The van der Waals surface area contributed by atoms with Crippen LogP contribution in [-0.4, -0.2) is 14.7 Å². The molecule has 3 rings (SSSR count). The Morgan fingerprint density at radius 1 is 1.30 bits per heavy atom. The van der Waals surface area contributed by atoms with E-state index in [4.69, 9.17) is 16.3 Å². The van der Waals surface area contributed by atoms with E-state index in [1.807, 2.05) is 32.0 Å². The first-order valence-corrected chi connectivity index (χ1v) is 9.31. The molecule has 0 fully saturated rings. The van der Waals surface area contributed by atoms with Crippen molar-refractivity contribution in [3.8, 4) is 17.0 Å². The van der Waals surface area contributed by atoms with Crippen LogP contribution in [0.3, 0.4) is 0 Å². The van der Waals surface area contributed by atoms with Crippen LogP contribution in [0.5, 0.6) is 5.75 Å². The smallest absolute Gasteiger partial charge is 0.277 e. The number of hydrogen-bond donors (Lipinski definition) is 0. The van der Waals surface area contributed by atoms with E-state index in [0.717, 1.165) is 22.4 Å². The van der Waals surface area contributed by atoms with Crippen LogP contribution in [0.4, 0.5) is 5.69 Å². The van der Waals surface area contributed by atoms with Crippen LogP contribution in [0.15, 0.2) is 40.9 Å². The van der Waals surface area contributed by atoms with E-state index in [0.29, 0.717) is 20.9 Å². The van der Waals surface area contributed by atoms with E-state index in [-0.39, 0.29) is 12.3 Å². The van der Waals surface area contributed by atoms with Crippen molar-refractivity contribution >= 4 is 33.2 Å². The maximum Gasteiger partial charge on any atom is 0.277 e. The molecule has 8 heteroatoms. The van der Waals surface area contributed by atoms with E-state index >= 15 is 0 Å². The van der Waals surface area contributed by atoms with Crippen LogP contribution in [-0.2, 0) is 13.7 Å². The number of rotatable bonds is 5. The van der Waals surface area contributed by atoms with E-state index < -0.39 is 4.92 Å². The van der Waals surface area contributed by atoms with E-state index in [1.54, 1.807) is 23.9 Å². The largest absolute Gasteiger partial charge is 0.488 e. The van der Waals surface area contributed by atoms with Gasteiger partial charge in [-0.1, -0.05) is 33.6 Å². The van der Waals surface area contributed by atoms with Gasteiger partial charge in [0.15, 0.2) is 0 Å². The van der Waals surface area contributed by atoms with Crippen molar-refractivity contribution < 1.29 is 9.66 Å². The number of nitro benzene ring substituents is 1. The van der Waals surface area contributed by atoms with Gasteiger partial charge < -0.3 is 4.74 Å². The number of benzene rings is 2. The zero-order valence-electron chi connectivity index (χ0n) is 15.0. The Labute approximate surface area is 170 Å². The number of nitro groups is 1. The van der Waals surface area contributed by atoms with Crippen molar-refractivity contribution in [3.63, 3.8) is 0 Å². The molecule has 0 amide bonds. The third kappa shape index (κ3) is 3.84. The van der Waals surface area contributed by atoms with Crippen LogP contribution in [0, 0.1) is 24.0 Å². The first-order valence-electron chi connectivity index (χ1n) is 8.14. The molecule has 0 aliphatic carbocycles. The summed E-state index contributed by atoms with van der Waals surface area (Å²) in [4.78, 5) is 10.8. The van der Waals surface area contributed by atoms with E-state index in [1.165, 1.54) is 6.07 Å². The van der Waals surface area contributed by atoms with Crippen molar-refractivity contribution in [1.29, 1.82) is 0 Å². The molecule has 2 aromatic carbocycles. The zero-order chi connectivity index (χ0) is 19.7. The van der Waals surface area contributed by atoms with Gasteiger partial charge in [-0.15, -0.1) is 0 Å². The average Bonchev–Trinajstić information content (AvgIpc) is 2.88. The minimum Gasteiger partial charge on any atom is -0.488 e. The highest BCUT2D eigenvalue weighted by atomic mass is 79.9. The number of aromatic nitrogens is 2. The molecule has 0 saturated carbocycles. The lowest BCUT2D eigenvalue weighted by atomic mass is 10.1. The second kappa shape index (κ2) is 7.70. The number of hydrogen-bond acceptors (Lipinski definition) is 4. The molecule has 0 aliphatic heterocycles. The molecular weight excluding hydrogens is 434 g/mol.